The molecule has 0 spiro atoms. The molecule has 0 bridgehead atoms. The molecule has 0 aromatic carbocycles. The molecule has 0 saturated heterocycles. The zero-order valence-electron chi connectivity index (χ0n) is 9.60. The molecule has 0 aromatic rings. The summed E-state index contributed by atoms with van der Waals surface area (Å²) >= 11 is 0. The molecule has 14 heavy (non-hydrogen) atoms. The van der Waals surface area contributed by atoms with Gasteiger partial charge in [-0.2, -0.15) is 0 Å². The van der Waals surface area contributed by atoms with E-state index in [2.05, 4.69) is 25.1 Å². The topological polar surface area (TPSA) is 12.0 Å². The predicted molar refractivity (Wildman–Crippen MR) is 62.1 cm³/mol. The second kappa shape index (κ2) is 5.41. The first-order valence-electron chi connectivity index (χ1n) is 5.83. The first kappa shape index (κ1) is 11.6. The van der Waals surface area contributed by atoms with Gasteiger partial charge in [0.15, 0.2) is 0 Å². The van der Waals surface area contributed by atoms with Crippen LogP contribution in [0.15, 0.2) is 0 Å². The quantitative estimate of drug-likeness (QED) is 0.523. The molecule has 0 aliphatic heterocycles. The Morgan fingerprint density at radius 2 is 2.21 bits per heavy atom. The molecule has 0 radical (unpaired) electrons. The highest BCUT2D eigenvalue weighted by Crippen LogP contribution is 2.36. The summed E-state index contributed by atoms with van der Waals surface area (Å²) in [6, 6.07) is 0.730. The van der Waals surface area contributed by atoms with Crippen molar-refractivity contribution in [2.24, 2.45) is 5.41 Å². The summed E-state index contributed by atoms with van der Waals surface area (Å²) in [5.41, 5.74) is 0.506. The maximum absolute atomic E-state index is 5.21. The first-order valence-corrected chi connectivity index (χ1v) is 5.83. The Morgan fingerprint density at radius 3 is 2.79 bits per heavy atom. The van der Waals surface area contributed by atoms with Crippen LogP contribution in [0.25, 0.3) is 0 Å². The lowest BCUT2D eigenvalue weighted by molar-refractivity contribution is 0.283. The molecule has 1 unspecified atom stereocenters. The van der Waals surface area contributed by atoms with Crippen LogP contribution in [0.4, 0.5) is 0 Å². The standard InChI is InChI=1S/C13H23N/c1-4-5-6-7-11-14-12-9-8-10-13(12,2)3/h1,12,14H,5-11H2,2-3H3. The van der Waals surface area contributed by atoms with E-state index in [9.17, 15) is 0 Å². The van der Waals surface area contributed by atoms with Crippen molar-refractivity contribution in [3.63, 3.8) is 0 Å². The van der Waals surface area contributed by atoms with E-state index in [1.807, 2.05) is 0 Å². The van der Waals surface area contributed by atoms with Crippen LogP contribution in [-0.4, -0.2) is 12.6 Å². The molecule has 0 heterocycles. The van der Waals surface area contributed by atoms with Gasteiger partial charge in [0.1, 0.15) is 0 Å². The van der Waals surface area contributed by atoms with Crippen LogP contribution in [0, 0.1) is 17.8 Å². The Kier molecular flexibility index (Phi) is 4.48. The van der Waals surface area contributed by atoms with Crippen LogP contribution >= 0.6 is 0 Å². The van der Waals surface area contributed by atoms with E-state index in [-0.39, 0.29) is 0 Å². The molecule has 1 rings (SSSR count). The fourth-order valence-corrected chi connectivity index (χ4v) is 2.33. The van der Waals surface area contributed by atoms with Crippen LogP contribution in [0.1, 0.15) is 52.4 Å². The molecule has 80 valence electrons. The van der Waals surface area contributed by atoms with E-state index in [1.165, 1.54) is 25.7 Å². The normalized spacial score (nSPS) is 24.8. The largest absolute Gasteiger partial charge is 0.313 e. The van der Waals surface area contributed by atoms with E-state index in [4.69, 9.17) is 6.42 Å². The van der Waals surface area contributed by atoms with Gasteiger partial charge in [-0.25, -0.2) is 0 Å². The predicted octanol–water partition coefficient (Wildman–Crippen LogP) is 2.96. The number of nitrogens with one attached hydrogen (secondary N) is 1. The number of hydrogen-bond acceptors (Lipinski definition) is 1. The minimum atomic E-state index is 0.506. The Morgan fingerprint density at radius 1 is 1.43 bits per heavy atom. The minimum Gasteiger partial charge on any atom is -0.313 e. The summed E-state index contributed by atoms with van der Waals surface area (Å²) in [6.45, 7) is 5.88. The summed E-state index contributed by atoms with van der Waals surface area (Å²) in [6.07, 6.45) is 12.6. The third-order valence-electron chi connectivity index (χ3n) is 3.40. The zero-order chi connectivity index (χ0) is 10.4. The van der Waals surface area contributed by atoms with Crippen molar-refractivity contribution < 1.29 is 0 Å². The molecule has 1 heteroatoms. The van der Waals surface area contributed by atoms with Crippen LogP contribution in [-0.2, 0) is 0 Å². The lowest BCUT2D eigenvalue weighted by Gasteiger charge is -2.27. The fraction of sp³-hybridized carbons (Fsp3) is 0.846. The van der Waals surface area contributed by atoms with Crippen molar-refractivity contribution in [3.05, 3.63) is 0 Å². The summed E-state index contributed by atoms with van der Waals surface area (Å²) in [7, 11) is 0. The number of unbranched alkanes of at least 4 members (excludes halogenated alkanes) is 2. The first-order chi connectivity index (χ1) is 6.67. The van der Waals surface area contributed by atoms with Crippen molar-refractivity contribution in [1.29, 1.82) is 0 Å². The molecular formula is C13H23N. The second-order valence-electron chi connectivity index (χ2n) is 5.05. The zero-order valence-corrected chi connectivity index (χ0v) is 9.60. The van der Waals surface area contributed by atoms with Gasteiger partial charge in [0, 0.05) is 12.5 Å². The molecule has 1 nitrogen and oxygen atoms in total. The lowest BCUT2D eigenvalue weighted by Crippen LogP contribution is -2.38. The van der Waals surface area contributed by atoms with Crippen molar-refractivity contribution in [1.82, 2.24) is 5.32 Å². The van der Waals surface area contributed by atoms with Crippen molar-refractivity contribution in [2.45, 2.75) is 58.4 Å². The SMILES string of the molecule is C#CCCCCNC1CCCC1(C)C. The van der Waals surface area contributed by atoms with Crippen molar-refractivity contribution in [3.8, 4) is 12.3 Å². The number of rotatable bonds is 5. The van der Waals surface area contributed by atoms with E-state index in [0.717, 1.165) is 25.4 Å². The molecule has 1 aliphatic carbocycles. The summed E-state index contributed by atoms with van der Waals surface area (Å²) < 4.78 is 0. The van der Waals surface area contributed by atoms with Crippen LogP contribution in [0.2, 0.25) is 0 Å². The van der Waals surface area contributed by atoms with Gasteiger partial charge in [-0.05, 0) is 37.6 Å². The van der Waals surface area contributed by atoms with E-state index in [0.29, 0.717) is 5.41 Å². The Labute approximate surface area is 88.7 Å². The average Bonchev–Trinajstić information content (AvgIpc) is 2.45. The van der Waals surface area contributed by atoms with E-state index < -0.39 is 0 Å². The Balaban J connectivity index is 2.10. The molecule has 1 aliphatic rings. The summed E-state index contributed by atoms with van der Waals surface area (Å²) in [5, 5.41) is 3.66. The van der Waals surface area contributed by atoms with E-state index >= 15 is 0 Å². The average molecular weight is 193 g/mol. The van der Waals surface area contributed by atoms with Crippen LogP contribution in [0.3, 0.4) is 0 Å². The maximum atomic E-state index is 5.21. The molecule has 0 aromatic heterocycles. The third kappa shape index (κ3) is 3.35. The monoisotopic (exact) mass is 193 g/mol. The van der Waals surface area contributed by atoms with Crippen molar-refractivity contribution in [2.75, 3.05) is 6.54 Å². The third-order valence-corrected chi connectivity index (χ3v) is 3.40. The van der Waals surface area contributed by atoms with Gasteiger partial charge < -0.3 is 5.32 Å². The van der Waals surface area contributed by atoms with Gasteiger partial charge in [-0.3, -0.25) is 0 Å². The molecule has 1 fully saturated rings. The fourth-order valence-electron chi connectivity index (χ4n) is 2.33. The Bertz CT molecular complexity index is 200. The van der Waals surface area contributed by atoms with E-state index in [1.54, 1.807) is 0 Å². The minimum absolute atomic E-state index is 0.506. The van der Waals surface area contributed by atoms with Crippen molar-refractivity contribution >= 4 is 0 Å². The molecule has 1 N–H and O–H groups in total. The Hall–Kier alpha value is -0.480. The van der Waals surface area contributed by atoms with Gasteiger partial charge in [0.25, 0.3) is 0 Å². The second-order valence-corrected chi connectivity index (χ2v) is 5.05. The lowest BCUT2D eigenvalue weighted by atomic mass is 9.87. The van der Waals surface area contributed by atoms with Gasteiger partial charge >= 0.3 is 0 Å². The van der Waals surface area contributed by atoms with Gasteiger partial charge in [0.2, 0.25) is 0 Å². The molecule has 1 saturated carbocycles. The number of terminal acetylenes is 1. The summed E-state index contributed by atoms with van der Waals surface area (Å²) in [4.78, 5) is 0. The van der Waals surface area contributed by atoms with Gasteiger partial charge in [-0.15, -0.1) is 12.3 Å². The smallest absolute Gasteiger partial charge is 0.0118 e. The highest BCUT2D eigenvalue weighted by molar-refractivity contribution is 4.90. The highest BCUT2D eigenvalue weighted by atomic mass is 14.9. The maximum Gasteiger partial charge on any atom is 0.0118 e. The van der Waals surface area contributed by atoms with Crippen LogP contribution < -0.4 is 5.32 Å². The van der Waals surface area contributed by atoms with Crippen LogP contribution in [0.5, 0.6) is 0 Å². The van der Waals surface area contributed by atoms with Gasteiger partial charge in [0.05, 0.1) is 0 Å². The molecule has 1 atom stereocenters. The highest BCUT2D eigenvalue weighted by Gasteiger charge is 2.33. The molecular weight excluding hydrogens is 170 g/mol. The number of hydrogen-bond donors (Lipinski definition) is 1. The summed E-state index contributed by atoms with van der Waals surface area (Å²) in [5.74, 6) is 2.68. The molecule has 0 amide bonds. The van der Waals surface area contributed by atoms with Gasteiger partial charge in [-0.1, -0.05) is 20.3 Å².